The number of amides is 2. The van der Waals surface area contributed by atoms with Crippen LogP contribution in [-0.4, -0.2) is 53.1 Å². The number of hydrogen-bond acceptors (Lipinski definition) is 3. The van der Waals surface area contributed by atoms with Crippen LogP contribution in [0.25, 0.3) is 0 Å². The number of hydrogen-bond donors (Lipinski definition) is 2. The normalized spacial score (nSPS) is 18.4. The fourth-order valence-corrected chi connectivity index (χ4v) is 2.26. The molecule has 0 bridgehead atoms. The molecular formula is C12H22N2O3S. The summed E-state index contributed by atoms with van der Waals surface area (Å²) in [6.07, 6.45) is 3.82. The summed E-state index contributed by atoms with van der Waals surface area (Å²) < 4.78 is 0. The van der Waals surface area contributed by atoms with E-state index in [-0.39, 0.29) is 18.4 Å². The number of carbonyl (C=O) groups excluding carboxylic acids is 1. The van der Waals surface area contributed by atoms with Gasteiger partial charge in [0.1, 0.15) is 0 Å². The van der Waals surface area contributed by atoms with Gasteiger partial charge in [-0.1, -0.05) is 6.92 Å². The summed E-state index contributed by atoms with van der Waals surface area (Å²) in [7, 11) is 0. The Morgan fingerprint density at radius 3 is 2.56 bits per heavy atom. The van der Waals surface area contributed by atoms with Crippen LogP contribution in [-0.2, 0) is 4.79 Å². The summed E-state index contributed by atoms with van der Waals surface area (Å²) in [5.41, 5.74) is 0. The number of likely N-dealkylation sites (tertiary alicyclic amines) is 1. The lowest BCUT2D eigenvalue weighted by molar-refractivity contribution is -0.138. The topological polar surface area (TPSA) is 69.6 Å². The standard InChI is InChI=1S/C12H22N2O3S/c1-9(18-2)8-13-12(17)14-5-3-10(4-6-14)7-11(15)16/h9-10H,3-8H2,1-2H3,(H,13,17)(H,15,16). The predicted molar refractivity (Wildman–Crippen MR) is 72.9 cm³/mol. The van der Waals surface area contributed by atoms with Crippen molar-refractivity contribution in [2.24, 2.45) is 5.92 Å². The van der Waals surface area contributed by atoms with E-state index in [0.717, 1.165) is 12.8 Å². The van der Waals surface area contributed by atoms with Gasteiger partial charge in [0, 0.05) is 31.3 Å². The number of piperidine rings is 1. The molecule has 0 spiro atoms. The number of urea groups is 1. The van der Waals surface area contributed by atoms with Gasteiger partial charge >= 0.3 is 12.0 Å². The highest BCUT2D eigenvalue weighted by Crippen LogP contribution is 2.20. The lowest BCUT2D eigenvalue weighted by atomic mass is 9.94. The molecule has 0 aromatic carbocycles. The summed E-state index contributed by atoms with van der Waals surface area (Å²) in [5.74, 6) is -0.525. The zero-order chi connectivity index (χ0) is 13.5. The monoisotopic (exact) mass is 274 g/mol. The van der Waals surface area contributed by atoms with Crippen LogP contribution < -0.4 is 5.32 Å². The molecule has 1 saturated heterocycles. The second kappa shape index (κ2) is 7.51. The van der Waals surface area contributed by atoms with Crippen LogP contribution in [0.15, 0.2) is 0 Å². The maximum atomic E-state index is 11.8. The van der Waals surface area contributed by atoms with E-state index in [2.05, 4.69) is 12.2 Å². The average molecular weight is 274 g/mol. The molecule has 6 heteroatoms. The highest BCUT2D eigenvalue weighted by atomic mass is 32.2. The molecule has 5 nitrogen and oxygen atoms in total. The van der Waals surface area contributed by atoms with Gasteiger partial charge in [0.2, 0.25) is 0 Å². The first kappa shape index (κ1) is 15.1. The fraction of sp³-hybridized carbons (Fsp3) is 0.833. The van der Waals surface area contributed by atoms with Crippen molar-refractivity contribution in [3.63, 3.8) is 0 Å². The van der Waals surface area contributed by atoms with Gasteiger partial charge in [0.15, 0.2) is 0 Å². The number of thioether (sulfide) groups is 1. The first-order chi connectivity index (χ1) is 8.52. The Hall–Kier alpha value is -0.910. The van der Waals surface area contributed by atoms with Crippen molar-refractivity contribution in [2.45, 2.75) is 31.4 Å². The first-order valence-corrected chi connectivity index (χ1v) is 7.59. The van der Waals surface area contributed by atoms with E-state index < -0.39 is 5.97 Å². The van der Waals surface area contributed by atoms with Crippen molar-refractivity contribution >= 4 is 23.8 Å². The minimum absolute atomic E-state index is 0.0234. The van der Waals surface area contributed by atoms with Crippen LogP contribution in [0.2, 0.25) is 0 Å². The van der Waals surface area contributed by atoms with E-state index in [0.29, 0.717) is 24.9 Å². The highest BCUT2D eigenvalue weighted by molar-refractivity contribution is 7.99. The zero-order valence-electron chi connectivity index (χ0n) is 11.0. The van der Waals surface area contributed by atoms with Gasteiger partial charge in [-0.15, -0.1) is 0 Å². The maximum Gasteiger partial charge on any atom is 0.317 e. The third-order valence-electron chi connectivity index (χ3n) is 3.31. The Morgan fingerprint density at radius 1 is 1.44 bits per heavy atom. The Balaban J connectivity index is 2.25. The molecular weight excluding hydrogens is 252 g/mol. The molecule has 0 aliphatic carbocycles. The quantitative estimate of drug-likeness (QED) is 0.799. The molecule has 0 aromatic rings. The minimum Gasteiger partial charge on any atom is -0.481 e. The molecule has 1 heterocycles. The summed E-state index contributed by atoms with van der Waals surface area (Å²) in [4.78, 5) is 24.2. The van der Waals surface area contributed by atoms with Gasteiger partial charge in [-0.25, -0.2) is 4.79 Å². The molecule has 1 rings (SSSR count). The lowest BCUT2D eigenvalue weighted by Gasteiger charge is -2.31. The first-order valence-electron chi connectivity index (χ1n) is 6.30. The van der Waals surface area contributed by atoms with E-state index in [1.165, 1.54) is 0 Å². The number of carboxylic acids is 1. The molecule has 1 atom stereocenters. The largest absolute Gasteiger partial charge is 0.481 e. The van der Waals surface area contributed by atoms with Gasteiger partial charge in [0.25, 0.3) is 0 Å². The van der Waals surface area contributed by atoms with E-state index >= 15 is 0 Å². The highest BCUT2D eigenvalue weighted by Gasteiger charge is 2.24. The number of carboxylic acid groups (broad SMARTS) is 1. The van der Waals surface area contributed by atoms with Crippen LogP contribution in [0.1, 0.15) is 26.2 Å². The number of rotatable bonds is 5. The second-order valence-electron chi connectivity index (χ2n) is 4.76. The molecule has 0 radical (unpaired) electrons. The van der Waals surface area contributed by atoms with Crippen LogP contribution in [0.5, 0.6) is 0 Å². The van der Waals surface area contributed by atoms with Crippen molar-refractivity contribution in [1.29, 1.82) is 0 Å². The summed E-state index contributed by atoms with van der Waals surface area (Å²) in [5, 5.41) is 12.0. The number of carbonyl (C=O) groups is 2. The van der Waals surface area contributed by atoms with Gasteiger partial charge in [-0.05, 0) is 25.0 Å². The molecule has 0 saturated carbocycles. The van der Waals surface area contributed by atoms with Crippen LogP contribution >= 0.6 is 11.8 Å². The Labute approximate surface area is 112 Å². The summed E-state index contributed by atoms with van der Waals surface area (Å²) >= 11 is 1.72. The van der Waals surface area contributed by atoms with Crippen molar-refractivity contribution in [3.05, 3.63) is 0 Å². The molecule has 2 amide bonds. The third-order valence-corrected chi connectivity index (χ3v) is 4.28. The van der Waals surface area contributed by atoms with E-state index in [9.17, 15) is 9.59 Å². The van der Waals surface area contributed by atoms with Crippen molar-refractivity contribution in [2.75, 3.05) is 25.9 Å². The summed E-state index contributed by atoms with van der Waals surface area (Å²) in [6, 6.07) is -0.0234. The number of nitrogens with zero attached hydrogens (tertiary/aromatic N) is 1. The minimum atomic E-state index is -0.744. The van der Waals surface area contributed by atoms with Gasteiger partial charge in [-0.3, -0.25) is 4.79 Å². The molecule has 1 aliphatic heterocycles. The smallest absolute Gasteiger partial charge is 0.317 e. The summed E-state index contributed by atoms with van der Waals surface area (Å²) in [6.45, 7) is 4.08. The third kappa shape index (κ3) is 5.16. The average Bonchev–Trinajstić information content (AvgIpc) is 2.35. The van der Waals surface area contributed by atoms with E-state index in [4.69, 9.17) is 5.11 Å². The van der Waals surface area contributed by atoms with Crippen molar-refractivity contribution < 1.29 is 14.7 Å². The van der Waals surface area contributed by atoms with Crippen LogP contribution in [0, 0.1) is 5.92 Å². The fourth-order valence-electron chi connectivity index (χ4n) is 2.01. The van der Waals surface area contributed by atoms with Crippen molar-refractivity contribution in [3.8, 4) is 0 Å². The van der Waals surface area contributed by atoms with Gasteiger partial charge in [0.05, 0.1) is 0 Å². The SMILES string of the molecule is CSC(C)CNC(=O)N1CCC(CC(=O)O)CC1. The Morgan fingerprint density at radius 2 is 2.06 bits per heavy atom. The molecule has 2 N–H and O–H groups in total. The van der Waals surface area contributed by atoms with Crippen LogP contribution in [0.3, 0.4) is 0 Å². The molecule has 1 unspecified atom stereocenters. The second-order valence-corrected chi connectivity index (χ2v) is 6.04. The van der Waals surface area contributed by atoms with Crippen LogP contribution in [0.4, 0.5) is 4.79 Å². The molecule has 18 heavy (non-hydrogen) atoms. The van der Waals surface area contributed by atoms with E-state index in [1.54, 1.807) is 16.7 Å². The molecule has 0 aromatic heterocycles. The Bertz CT molecular complexity index is 291. The predicted octanol–water partition coefficient (Wildman–Crippen LogP) is 1.63. The van der Waals surface area contributed by atoms with Gasteiger partial charge in [-0.2, -0.15) is 11.8 Å². The molecule has 1 aliphatic rings. The number of aliphatic carboxylic acids is 1. The maximum absolute atomic E-state index is 11.8. The van der Waals surface area contributed by atoms with E-state index in [1.807, 2.05) is 6.26 Å². The zero-order valence-corrected chi connectivity index (χ0v) is 11.8. The van der Waals surface area contributed by atoms with Crippen molar-refractivity contribution in [1.82, 2.24) is 10.2 Å². The number of nitrogens with one attached hydrogen (secondary N) is 1. The molecule has 104 valence electrons. The lowest BCUT2D eigenvalue weighted by Crippen LogP contribution is -2.46. The Kier molecular flexibility index (Phi) is 6.32. The molecule has 1 fully saturated rings. The van der Waals surface area contributed by atoms with Gasteiger partial charge < -0.3 is 15.3 Å².